The van der Waals surface area contributed by atoms with E-state index < -0.39 is 11.8 Å². The summed E-state index contributed by atoms with van der Waals surface area (Å²) in [5.74, 6) is -0.139. The highest BCUT2D eigenvalue weighted by molar-refractivity contribution is 6.01. The second kappa shape index (κ2) is 7.88. The van der Waals surface area contributed by atoms with Crippen molar-refractivity contribution >= 4 is 17.5 Å². The van der Waals surface area contributed by atoms with E-state index in [1.54, 1.807) is 32.0 Å². The summed E-state index contributed by atoms with van der Waals surface area (Å²) in [6.45, 7) is 3.30. The zero-order chi connectivity index (χ0) is 15.8. The van der Waals surface area contributed by atoms with E-state index in [0.717, 1.165) is 0 Å². The number of nitrogens with one attached hydrogen (secondary N) is 2. The Labute approximate surface area is 123 Å². The molecule has 7 nitrogen and oxygen atoms in total. The number of nitrogens with zero attached hydrogens (tertiary/aromatic N) is 1. The van der Waals surface area contributed by atoms with Crippen molar-refractivity contribution in [2.75, 3.05) is 20.8 Å². The van der Waals surface area contributed by atoms with Gasteiger partial charge >= 0.3 is 0 Å². The molecule has 7 heteroatoms. The Morgan fingerprint density at radius 3 is 2.19 bits per heavy atom. The first kappa shape index (κ1) is 16.5. The average Bonchev–Trinajstić information content (AvgIpc) is 2.49. The van der Waals surface area contributed by atoms with Crippen LogP contribution >= 0.6 is 0 Å². The van der Waals surface area contributed by atoms with Gasteiger partial charge in [0.15, 0.2) is 0 Å². The number of carbonyl (C=O) groups is 2. The largest absolute Gasteiger partial charge is 0.496 e. The number of amides is 2. The van der Waals surface area contributed by atoms with E-state index in [1.807, 2.05) is 0 Å². The van der Waals surface area contributed by atoms with Crippen molar-refractivity contribution in [2.45, 2.75) is 13.8 Å². The maximum absolute atomic E-state index is 12.2. The Morgan fingerprint density at radius 2 is 1.71 bits per heavy atom. The maximum Gasteiger partial charge on any atom is 0.259 e. The standard InChI is InChI=1S/C14H19N3O4/c1-9(2)16-17-12(18)8-15-14(19)13-10(20-3)6-5-7-11(13)21-4/h5-7H,8H2,1-4H3,(H,15,19)(H,17,18). The summed E-state index contributed by atoms with van der Waals surface area (Å²) in [4.78, 5) is 23.7. The zero-order valence-corrected chi connectivity index (χ0v) is 12.5. The Morgan fingerprint density at radius 1 is 1.14 bits per heavy atom. The van der Waals surface area contributed by atoms with Gasteiger partial charge in [0, 0.05) is 5.71 Å². The summed E-state index contributed by atoms with van der Waals surface area (Å²) in [5.41, 5.74) is 3.27. The van der Waals surface area contributed by atoms with Crippen LogP contribution < -0.4 is 20.2 Å². The summed E-state index contributed by atoms with van der Waals surface area (Å²) in [7, 11) is 2.91. The van der Waals surface area contributed by atoms with Crippen LogP contribution in [0.25, 0.3) is 0 Å². The van der Waals surface area contributed by atoms with Crippen LogP contribution in [0.2, 0.25) is 0 Å². The number of hydrogen-bond donors (Lipinski definition) is 2. The van der Waals surface area contributed by atoms with Gasteiger partial charge in [0.25, 0.3) is 11.8 Å². The van der Waals surface area contributed by atoms with Gasteiger partial charge in [0.05, 0.1) is 20.8 Å². The van der Waals surface area contributed by atoms with E-state index in [-0.39, 0.29) is 12.1 Å². The first-order valence-electron chi connectivity index (χ1n) is 6.28. The molecule has 114 valence electrons. The lowest BCUT2D eigenvalue weighted by Gasteiger charge is -2.12. The predicted octanol–water partition coefficient (Wildman–Crippen LogP) is 0.946. The van der Waals surface area contributed by atoms with Crippen LogP contribution in [0.3, 0.4) is 0 Å². The monoisotopic (exact) mass is 293 g/mol. The molecule has 0 atom stereocenters. The van der Waals surface area contributed by atoms with E-state index in [2.05, 4.69) is 15.8 Å². The first-order chi connectivity index (χ1) is 9.99. The van der Waals surface area contributed by atoms with Gasteiger partial charge in [-0.1, -0.05) is 6.07 Å². The fourth-order valence-electron chi connectivity index (χ4n) is 1.54. The zero-order valence-electron chi connectivity index (χ0n) is 12.5. The number of ether oxygens (including phenoxy) is 2. The molecule has 0 aliphatic heterocycles. The first-order valence-corrected chi connectivity index (χ1v) is 6.28. The molecular formula is C14H19N3O4. The molecule has 0 aromatic heterocycles. The second-order valence-electron chi connectivity index (χ2n) is 4.31. The molecule has 0 saturated heterocycles. The number of methoxy groups -OCH3 is 2. The van der Waals surface area contributed by atoms with Crippen LogP contribution in [0.1, 0.15) is 24.2 Å². The molecule has 2 amide bonds. The molecular weight excluding hydrogens is 274 g/mol. The Bertz CT molecular complexity index is 529. The van der Waals surface area contributed by atoms with E-state index in [0.29, 0.717) is 17.2 Å². The molecule has 0 spiro atoms. The summed E-state index contributed by atoms with van der Waals surface area (Å²) in [5, 5.41) is 6.25. The molecule has 0 saturated carbocycles. The molecule has 1 aromatic rings. The third kappa shape index (κ3) is 4.79. The van der Waals surface area contributed by atoms with Crippen molar-refractivity contribution < 1.29 is 19.1 Å². The van der Waals surface area contributed by atoms with Crippen LogP contribution in [0, 0.1) is 0 Å². The number of benzene rings is 1. The van der Waals surface area contributed by atoms with Gasteiger partial charge in [-0.25, -0.2) is 5.43 Å². The summed E-state index contributed by atoms with van der Waals surface area (Å²) in [6, 6.07) is 4.99. The van der Waals surface area contributed by atoms with E-state index in [4.69, 9.17) is 9.47 Å². The van der Waals surface area contributed by atoms with Crippen molar-refractivity contribution in [3.8, 4) is 11.5 Å². The van der Waals surface area contributed by atoms with E-state index in [1.165, 1.54) is 14.2 Å². The maximum atomic E-state index is 12.2. The molecule has 0 unspecified atom stereocenters. The smallest absolute Gasteiger partial charge is 0.259 e. The van der Waals surface area contributed by atoms with Crippen LogP contribution in [0.4, 0.5) is 0 Å². The minimum atomic E-state index is -0.461. The molecule has 2 N–H and O–H groups in total. The SMILES string of the molecule is COc1cccc(OC)c1C(=O)NCC(=O)NN=C(C)C. The molecule has 0 fully saturated rings. The van der Waals surface area contributed by atoms with Crippen molar-refractivity contribution in [3.05, 3.63) is 23.8 Å². The van der Waals surface area contributed by atoms with Crippen molar-refractivity contribution in [1.29, 1.82) is 0 Å². The van der Waals surface area contributed by atoms with Gasteiger partial charge in [-0.2, -0.15) is 5.10 Å². The number of hydrogen-bond acceptors (Lipinski definition) is 5. The number of carbonyl (C=O) groups excluding carboxylic acids is 2. The Kier molecular flexibility index (Phi) is 6.19. The fourth-order valence-corrected chi connectivity index (χ4v) is 1.54. The second-order valence-corrected chi connectivity index (χ2v) is 4.31. The van der Waals surface area contributed by atoms with E-state index >= 15 is 0 Å². The van der Waals surface area contributed by atoms with Gasteiger partial charge in [-0.15, -0.1) is 0 Å². The molecule has 0 radical (unpaired) electrons. The Balaban J connectivity index is 2.76. The molecule has 0 aliphatic carbocycles. The molecule has 1 aromatic carbocycles. The predicted molar refractivity (Wildman–Crippen MR) is 78.8 cm³/mol. The third-order valence-electron chi connectivity index (χ3n) is 2.47. The van der Waals surface area contributed by atoms with E-state index in [9.17, 15) is 9.59 Å². The Hall–Kier alpha value is -2.57. The lowest BCUT2D eigenvalue weighted by Crippen LogP contribution is -2.35. The molecule has 0 aliphatic rings. The van der Waals surface area contributed by atoms with Crippen molar-refractivity contribution in [1.82, 2.24) is 10.7 Å². The fraction of sp³-hybridized carbons (Fsp3) is 0.357. The minimum Gasteiger partial charge on any atom is -0.496 e. The van der Waals surface area contributed by atoms with Crippen LogP contribution in [-0.2, 0) is 4.79 Å². The highest BCUT2D eigenvalue weighted by Crippen LogP contribution is 2.27. The highest BCUT2D eigenvalue weighted by atomic mass is 16.5. The molecule has 0 bridgehead atoms. The van der Waals surface area contributed by atoms with Gasteiger partial charge in [-0.05, 0) is 26.0 Å². The molecule has 1 rings (SSSR count). The highest BCUT2D eigenvalue weighted by Gasteiger charge is 2.18. The van der Waals surface area contributed by atoms with Crippen LogP contribution in [0.5, 0.6) is 11.5 Å². The van der Waals surface area contributed by atoms with Gasteiger partial charge in [0.1, 0.15) is 17.1 Å². The lowest BCUT2D eigenvalue weighted by atomic mass is 10.1. The van der Waals surface area contributed by atoms with Gasteiger partial charge in [-0.3, -0.25) is 9.59 Å². The van der Waals surface area contributed by atoms with Crippen LogP contribution in [0.15, 0.2) is 23.3 Å². The summed E-state index contributed by atoms with van der Waals surface area (Å²) >= 11 is 0. The van der Waals surface area contributed by atoms with Gasteiger partial charge in [0.2, 0.25) is 0 Å². The molecule has 0 heterocycles. The third-order valence-corrected chi connectivity index (χ3v) is 2.47. The summed E-state index contributed by atoms with van der Waals surface area (Å²) < 4.78 is 10.3. The van der Waals surface area contributed by atoms with Crippen molar-refractivity contribution in [3.63, 3.8) is 0 Å². The quantitative estimate of drug-likeness (QED) is 0.603. The minimum absolute atomic E-state index is 0.198. The normalized spacial score (nSPS) is 9.52. The van der Waals surface area contributed by atoms with Gasteiger partial charge < -0.3 is 14.8 Å². The summed E-state index contributed by atoms with van der Waals surface area (Å²) in [6.07, 6.45) is 0. The van der Waals surface area contributed by atoms with Crippen LogP contribution in [-0.4, -0.2) is 38.3 Å². The topological polar surface area (TPSA) is 89.0 Å². The number of rotatable bonds is 6. The average molecular weight is 293 g/mol. The lowest BCUT2D eigenvalue weighted by molar-refractivity contribution is -0.120. The van der Waals surface area contributed by atoms with Crippen molar-refractivity contribution in [2.24, 2.45) is 5.10 Å². The molecule has 21 heavy (non-hydrogen) atoms. The number of hydrazone groups is 1.